The molecule has 6 nitrogen and oxygen atoms in total. The second kappa shape index (κ2) is 6.46. The fourth-order valence-electron chi connectivity index (χ4n) is 3.44. The van der Waals surface area contributed by atoms with Gasteiger partial charge in [-0.15, -0.1) is 0 Å². The van der Waals surface area contributed by atoms with Gasteiger partial charge in [-0.05, 0) is 49.2 Å². The normalized spacial score (nSPS) is 12.4. The number of ketones is 1. The Morgan fingerprint density at radius 2 is 1.89 bits per heavy atom. The van der Waals surface area contributed by atoms with Crippen LogP contribution >= 0.6 is 0 Å². The van der Waals surface area contributed by atoms with Crippen LogP contribution in [0, 0.1) is 6.92 Å². The van der Waals surface area contributed by atoms with Crippen molar-refractivity contribution >= 4 is 17.3 Å². The Bertz CT molecular complexity index is 1080. The molecule has 6 heteroatoms. The number of carbonyl (C=O) groups excluding carboxylic acids is 2. The van der Waals surface area contributed by atoms with Gasteiger partial charge in [0.15, 0.2) is 17.3 Å². The Labute approximate surface area is 156 Å². The number of aromatic nitrogens is 1. The first-order valence-corrected chi connectivity index (χ1v) is 8.73. The van der Waals surface area contributed by atoms with Crippen LogP contribution in [0.25, 0.3) is 16.6 Å². The summed E-state index contributed by atoms with van der Waals surface area (Å²) in [5.74, 6) is 0.868. The van der Waals surface area contributed by atoms with Crippen molar-refractivity contribution in [3.8, 4) is 22.6 Å². The van der Waals surface area contributed by atoms with Gasteiger partial charge in [0.1, 0.15) is 0 Å². The Morgan fingerprint density at radius 1 is 1.11 bits per heavy atom. The second-order valence-corrected chi connectivity index (χ2v) is 6.40. The largest absolute Gasteiger partial charge is 0.462 e. The summed E-state index contributed by atoms with van der Waals surface area (Å²) in [5, 5.41) is 0. The average molecular weight is 365 g/mol. The Kier molecular flexibility index (Phi) is 4.11. The van der Waals surface area contributed by atoms with Gasteiger partial charge in [-0.1, -0.05) is 6.07 Å². The molecule has 3 aromatic rings. The first kappa shape index (κ1) is 17.1. The summed E-state index contributed by atoms with van der Waals surface area (Å²) in [6, 6.07) is 9.40. The van der Waals surface area contributed by atoms with E-state index in [4.69, 9.17) is 14.2 Å². The van der Waals surface area contributed by atoms with E-state index in [-0.39, 0.29) is 19.2 Å². The molecule has 0 radical (unpaired) electrons. The minimum absolute atomic E-state index is 0.114. The molecule has 0 saturated heterocycles. The van der Waals surface area contributed by atoms with Crippen LogP contribution in [0.5, 0.6) is 11.5 Å². The maximum absolute atomic E-state index is 12.3. The van der Waals surface area contributed by atoms with E-state index in [0.717, 1.165) is 16.6 Å². The zero-order chi connectivity index (χ0) is 19.1. The summed E-state index contributed by atoms with van der Waals surface area (Å²) >= 11 is 0. The van der Waals surface area contributed by atoms with Gasteiger partial charge in [-0.2, -0.15) is 0 Å². The van der Waals surface area contributed by atoms with Crippen molar-refractivity contribution in [2.24, 2.45) is 0 Å². The Balaban J connectivity index is 1.89. The van der Waals surface area contributed by atoms with Crippen LogP contribution in [-0.4, -0.2) is 29.6 Å². The third-order valence-electron chi connectivity index (χ3n) is 4.68. The zero-order valence-corrected chi connectivity index (χ0v) is 15.4. The minimum atomic E-state index is -0.425. The predicted octanol–water partition coefficient (Wildman–Crippen LogP) is 4.02. The maximum atomic E-state index is 12.3. The van der Waals surface area contributed by atoms with E-state index in [9.17, 15) is 9.59 Å². The van der Waals surface area contributed by atoms with Gasteiger partial charge < -0.3 is 18.6 Å². The number of hydrogen-bond donors (Lipinski definition) is 0. The van der Waals surface area contributed by atoms with E-state index in [1.54, 1.807) is 19.9 Å². The molecule has 0 saturated carbocycles. The average Bonchev–Trinajstić information content (AvgIpc) is 3.26. The van der Waals surface area contributed by atoms with Gasteiger partial charge in [-0.25, -0.2) is 4.79 Å². The number of benzene rings is 1. The highest BCUT2D eigenvalue weighted by Gasteiger charge is 2.21. The van der Waals surface area contributed by atoms with Crippen molar-refractivity contribution in [1.29, 1.82) is 0 Å². The number of pyridine rings is 1. The first-order valence-electron chi connectivity index (χ1n) is 8.73. The van der Waals surface area contributed by atoms with E-state index in [0.29, 0.717) is 28.3 Å². The molecule has 0 bridgehead atoms. The number of rotatable bonds is 4. The summed E-state index contributed by atoms with van der Waals surface area (Å²) < 4.78 is 17.8. The van der Waals surface area contributed by atoms with Crippen molar-refractivity contribution < 1.29 is 23.8 Å². The molecule has 0 atom stereocenters. The lowest BCUT2D eigenvalue weighted by atomic mass is 10.0. The maximum Gasteiger partial charge on any atom is 0.338 e. The minimum Gasteiger partial charge on any atom is -0.462 e. The molecular weight excluding hydrogens is 346 g/mol. The second-order valence-electron chi connectivity index (χ2n) is 6.40. The number of Topliss-reactive ketones (excluding diaryl/α,β-unsaturated/α-hetero) is 1. The summed E-state index contributed by atoms with van der Waals surface area (Å²) in [4.78, 5) is 24.6. The molecule has 0 spiro atoms. The number of nitrogens with zero attached hydrogens (tertiary/aromatic N) is 1. The molecule has 138 valence electrons. The highest BCUT2D eigenvalue weighted by Crippen LogP contribution is 2.37. The topological polar surface area (TPSA) is 66.2 Å². The van der Waals surface area contributed by atoms with Gasteiger partial charge in [0.25, 0.3) is 0 Å². The monoisotopic (exact) mass is 365 g/mol. The predicted molar refractivity (Wildman–Crippen MR) is 99.7 cm³/mol. The molecule has 2 aromatic heterocycles. The van der Waals surface area contributed by atoms with Crippen molar-refractivity contribution in [2.45, 2.75) is 20.8 Å². The summed E-state index contributed by atoms with van der Waals surface area (Å²) in [7, 11) is 0. The van der Waals surface area contributed by atoms with Crippen molar-refractivity contribution in [2.75, 3.05) is 13.4 Å². The molecule has 0 amide bonds. The van der Waals surface area contributed by atoms with Crippen LogP contribution in [0.4, 0.5) is 0 Å². The highest BCUT2D eigenvalue weighted by molar-refractivity contribution is 6.01. The third kappa shape index (κ3) is 2.83. The van der Waals surface area contributed by atoms with Crippen LogP contribution in [0.15, 0.2) is 36.5 Å². The fraction of sp³-hybridized carbons (Fsp3) is 0.238. The molecule has 0 fully saturated rings. The molecule has 27 heavy (non-hydrogen) atoms. The van der Waals surface area contributed by atoms with Crippen LogP contribution in [0.2, 0.25) is 0 Å². The van der Waals surface area contributed by atoms with Crippen molar-refractivity contribution in [3.63, 3.8) is 0 Å². The molecule has 3 heterocycles. The van der Waals surface area contributed by atoms with E-state index >= 15 is 0 Å². The van der Waals surface area contributed by atoms with Crippen LogP contribution in [-0.2, 0) is 4.74 Å². The number of carbonyl (C=O) groups is 2. The molecule has 1 aliphatic heterocycles. The van der Waals surface area contributed by atoms with Crippen molar-refractivity contribution in [3.05, 3.63) is 53.3 Å². The lowest BCUT2D eigenvalue weighted by molar-refractivity contribution is 0.0525. The summed E-state index contributed by atoms with van der Waals surface area (Å²) in [5.41, 5.74) is 4.10. The smallest absolute Gasteiger partial charge is 0.338 e. The van der Waals surface area contributed by atoms with Gasteiger partial charge in [-0.3, -0.25) is 4.79 Å². The molecule has 4 rings (SSSR count). The molecule has 0 aliphatic carbocycles. The third-order valence-corrected chi connectivity index (χ3v) is 4.68. The molecule has 1 aliphatic rings. The van der Waals surface area contributed by atoms with E-state index in [1.165, 1.54) is 6.92 Å². The van der Waals surface area contributed by atoms with Gasteiger partial charge >= 0.3 is 5.97 Å². The summed E-state index contributed by atoms with van der Waals surface area (Å²) in [6.45, 7) is 5.52. The van der Waals surface area contributed by atoms with E-state index in [2.05, 4.69) is 0 Å². The Morgan fingerprint density at radius 3 is 2.63 bits per heavy atom. The first-order chi connectivity index (χ1) is 13.0. The van der Waals surface area contributed by atoms with E-state index < -0.39 is 5.97 Å². The molecule has 0 unspecified atom stereocenters. The van der Waals surface area contributed by atoms with Crippen LogP contribution < -0.4 is 9.47 Å². The van der Waals surface area contributed by atoms with Gasteiger partial charge in [0, 0.05) is 24.2 Å². The summed E-state index contributed by atoms with van der Waals surface area (Å²) in [6.07, 6.45) is 1.89. The van der Waals surface area contributed by atoms with Crippen LogP contribution in [0.1, 0.15) is 40.3 Å². The SMILES string of the molecule is CCOC(=O)c1cc2cc(-c3ccc4c(c3)OCO4)cn2c(C(C)=O)c1C. The van der Waals surface area contributed by atoms with E-state index in [1.807, 2.05) is 34.9 Å². The molecular formula is C21H19NO5. The molecule has 1 aromatic carbocycles. The molecule has 0 N–H and O–H groups in total. The van der Waals surface area contributed by atoms with Crippen LogP contribution in [0.3, 0.4) is 0 Å². The van der Waals surface area contributed by atoms with Gasteiger partial charge in [0.05, 0.1) is 17.9 Å². The highest BCUT2D eigenvalue weighted by atomic mass is 16.7. The number of hydrogen-bond acceptors (Lipinski definition) is 5. The quantitative estimate of drug-likeness (QED) is 0.516. The lowest BCUT2D eigenvalue weighted by Crippen LogP contribution is -2.13. The van der Waals surface area contributed by atoms with Crippen molar-refractivity contribution in [1.82, 2.24) is 4.40 Å². The number of ether oxygens (including phenoxy) is 3. The van der Waals surface area contributed by atoms with Gasteiger partial charge in [0.2, 0.25) is 6.79 Å². The lowest BCUT2D eigenvalue weighted by Gasteiger charge is -2.12. The fourth-order valence-corrected chi connectivity index (χ4v) is 3.44. The zero-order valence-electron chi connectivity index (χ0n) is 15.4. The number of esters is 1. The standard InChI is InChI=1S/C21H19NO5/c1-4-25-21(24)17-9-16-7-15(10-22(16)20(12(17)2)13(3)23)14-5-6-18-19(8-14)27-11-26-18/h5-10H,4,11H2,1-3H3. The Hall–Kier alpha value is -3.28. The number of fused-ring (bicyclic) bond motifs is 2.